The van der Waals surface area contributed by atoms with Crippen molar-refractivity contribution in [2.45, 2.75) is 25.5 Å². The number of nitrogens with one attached hydrogen (secondary N) is 1. The molecule has 20 heavy (non-hydrogen) atoms. The smallest absolute Gasteiger partial charge is 0.372 e. The molecule has 1 aromatic carbocycles. The highest BCUT2D eigenvalue weighted by molar-refractivity contribution is 5.95. The van der Waals surface area contributed by atoms with Crippen molar-refractivity contribution in [3.8, 4) is 0 Å². The number of carboxylic acids is 1. The quantitative estimate of drug-likeness (QED) is 0.777. The van der Waals surface area contributed by atoms with E-state index in [9.17, 15) is 15.0 Å². The van der Waals surface area contributed by atoms with Gasteiger partial charge in [-0.15, -0.1) is 0 Å². The molecule has 1 aromatic heterocycles. The van der Waals surface area contributed by atoms with Gasteiger partial charge in [0.25, 0.3) is 0 Å². The van der Waals surface area contributed by atoms with Gasteiger partial charge in [0.05, 0.1) is 6.10 Å². The lowest BCUT2D eigenvalue weighted by Crippen LogP contribution is -2.36. The number of aliphatic hydroxyl groups excluding tert-OH is 1. The summed E-state index contributed by atoms with van der Waals surface area (Å²) in [6.07, 6.45) is 1.49. The zero-order valence-electron chi connectivity index (χ0n) is 11.0. The van der Waals surface area contributed by atoms with Crippen molar-refractivity contribution >= 4 is 16.9 Å². The van der Waals surface area contributed by atoms with Crippen molar-refractivity contribution in [2.24, 2.45) is 5.92 Å². The topological polar surface area (TPSA) is 82.7 Å². The second kappa shape index (κ2) is 5.26. The van der Waals surface area contributed by atoms with Crippen LogP contribution in [0.2, 0.25) is 0 Å². The molecule has 0 bridgehead atoms. The highest BCUT2D eigenvalue weighted by Crippen LogP contribution is 2.28. The van der Waals surface area contributed by atoms with Crippen LogP contribution in [0.1, 0.15) is 29.0 Å². The Kier molecular flexibility index (Phi) is 3.46. The van der Waals surface area contributed by atoms with E-state index in [1.807, 2.05) is 18.2 Å². The number of para-hydroxylation sites is 1. The molecule has 5 nitrogen and oxygen atoms in total. The summed E-state index contributed by atoms with van der Waals surface area (Å²) in [5.74, 6) is -0.555. The molecule has 0 radical (unpaired) electrons. The van der Waals surface area contributed by atoms with Crippen LogP contribution in [0.15, 0.2) is 28.7 Å². The molecule has 106 valence electrons. The lowest BCUT2D eigenvalue weighted by atomic mass is 9.82. The first kappa shape index (κ1) is 13.1. The number of aliphatic hydroxyl groups is 1. The highest BCUT2D eigenvalue weighted by Gasteiger charge is 2.27. The molecule has 0 saturated heterocycles. The number of benzene rings is 1. The van der Waals surface area contributed by atoms with Crippen molar-refractivity contribution in [3.63, 3.8) is 0 Å². The van der Waals surface area contributed by atoms with Gasteiger partial charge in [0, 0.05) is 17.5 Å². The van der Waals surface area contributed by atoms with Crippen molar-refractivity contribution in [1.29, 1.82) is 0 Å². The molecule has 1 saturated carbocycles. The van der Waals surface area contributed by atoms with E-state index >= 15 is 0 Å². The van der Waals surface area contributed by atoms with Crippen LogP contribution in [0.3, 0.4) is 0 Å². The zero-order chi connectivity index (χ0) is 14.1. The number of hydrogen-bond donors (Lipinski definition) is 3. The molecular formula is C15H17NO4. The molecule has 1 fully saturated rings. The van der Waals surface area contributed by atoms with Crippen LogP contribution in [0, 0.1) is 5.92 Å². The van der Waals surface area contributed by atoms with Gasteiger partial charge in [0.1, 0.15) is 5.58 Å². The standard InChI is InChI=1S/C15H17NO4/c17-10-5-9(6-10)7-16-8-12-11-3-1-2-4-13(11)20-14(12)15(18)19/h1-4,9-10,16-17H,5-8H2,(H,18,19). The second-order valence-electron chi connectivity index (χ2n) is 5.33. The Morgan fingerprint density at radius 2 is 2.10 bits per heavy atom. The maximum Gasteiger partial charge on any atom is 0.372 e. The summed E-state index contributed by atoms with van der Waals surface area (Å²) in [5, 5.41) is 22.6. The number of hydrogen-bond acceptors (Lipinski definition) is 4. The van der Waals surface area contributed by atoms with E-state index < -0.39 is 5.97 Å². The molecule has 0 aliphatic heterocycles. The number of aromatic carboxylic acids is 1. The van der Waals surface area contributed by atoms with E-state index in [4.69, 9.17) is 4.42 Å². The van der Waals surface area contributed by atoms with Crippen LogP contribution >= 0.6 is 0 Å². The van der Waals surface area contributed by atoms with Crippen LogP contribution < -0.4 is 5.32 Å². The van der Waals surface area contributed by atoms with Gasteiger partial charge < -0.3 is 19.9 Å². The minimum atomic E-state index is -1.04. The number of carboxylic acid groups (broad SMARTS) is 1. The molecule has 0 atom stereocenters. The molecule has 0 unspecified atom stereocenters. The Morgan fingerprint density at radius 1 is 1.35 bits per heavy atom. The van der Waals surface area contributed by atoms with E-state index in [1.54, 1.807) is 6.07 Å². The summed E-state index contributed by atoms with van der Waals surface area (Å²) < 4.78 is 5.40. The van der Waals surface area contributed by atoms with E-state index in [-0.39, 0.29) is 11.9 Å². The summed E-state index contributed by atoms with van der Waals surface area (Å²) in [6.45, 7) is 1.25. The molecule has 0 amide bonds. The zero-order valence-corrected chi connectivity index (χ0v) is 11.0. The minimum absolute atomic E-state index is 0.00680. The van der Waals surface area contributed by atoms with E-state index in [1.165, 1.54) is 0 Å². The summed E-state index contributed by atoms with van der Waals surface area (Å²) in [5.41, 5.74) is 1.29. The Hall–Kier alpha value is -1.85. The fourth-order valence-corrected chi connectivity index (χ4v) is 2.72. The molecule has 0 spiro atoms. The van der Waals surface area contributed by atoms with E-state index in [0.717, 1.165) is 24.8 Å². The van der Waals surface area contributed by atoms with Gasteiger partial charge in [-0.05, 0) is 31.4 Å². The minimum Gasteiger partial charge on any atom is -0.475 e. The van der Waals surface area contributed by atoms with Gasteiger partial charge in [-0.3, -0.25) is 0 Å². The first-order chi connectivity index (χ1) is 9.65. The van der Waals surface area contributed by atoms with E-state index in [2.05, 4.69) is 5.32 Å². The predicted octanol–water partition coefficient (Wildman–Crippen LogP) is 1.99. The van der Waals surface area contributed by atoms with Gasteiger partial charge >= 0.3 is 5.97 Å². The van der Waals surface area contributed by atoms with Crippen LogP contribution in [0.4, 0.5) is 0 Å². The molecule has 1 heterocycles. The number of rotatable bonds is 5. The largest absolute Gasteiger partial charge is 0.475 e. The van der Waals surface area contributed by atoms with Crippen molar-refractivity contribution in [1.82, 2.24) is 5.32 Å². The third-order valence-corrected chi connectivity index (χ3v) is 3.84. The van der Waals surface area contributed by atoms with E-state index in [0.29, 0.717) is 23.6 Å². The number of carbonyl (C=O) groups is 1. The van der Waals surface area contributed by atoms with Crippen molar-refractivity contribution in [2.75, 3.05) is 6.54 Å². The SMILES string of the molecule is O=C(O)c1oc2ccccc2c1CNCC1CC(O)C1. The van der Waals surface area contributed by atoms with Gasteiger partial charge in [-0.25, -0.2) is 4.79 Å². The maximum atomic E-state index is 11.2. The Balaban J connectivity index is 1.75. The van der Waals surface area contributed by atoms with Crippen LogP contribution in [-0.2, 0) is 6.54 Å². The van der Waals surface area contributed by atoms with Gasteiger partial charge in [-0.2, -0.15) is 0 Å². The Bertz CT molecular complexity index is 628. The summed E-state index contributed by atoms with van der Waals surface area (Å²) in [7, 11) is 0. The van der Waals surface area contributed by atoms with Gasteiger partial charge in [0.2, 0.25) is 5.76 Å². The maximum absolute atomic E-state index is 11.2. The average Bonchev–Trinajstić information content (AvgIpc) is 2.76. The lowest BCUT2D eigenvalue weighted by Gasteiger charge is -2.31. The molecule has 2 aromatic rings. The molecule has 1 aliphatic rings. The van der Waals surface area contributed by atoms with Crippen LogP contribution in [-0.4, -0.2) is 28.8 Å². The van der Waals surface area contributed by atoms with Crippen LogP contribution in [0.5, 0.6) is 0 Å². The fraction of sp³-hybridized carbons (Fsp3) is 0.400. The average molecular weight is 275 g/mol. The van der Waals surface area contributed by atoms with Crippen molar-refractivity contribution in [3.05, 3.63) is 35.6 Å². The first-order valence-electron chi connectivity index (χ1n) is 6.77. The van der Waals surface area contributed by atoms with Gasteiger partial charge in [0.15, 0.2) is 0 Å². The third kappa shape index (κ3) is 2.42. The predicted molar refractivity (Wildman–Crippen MR) is 73.6 cm³/mol. The molecule has 5 heteroatoms. The summed E-state index contributed by atoms with van der Waals surface area (Å²) >= 11 is 0. The molecule has 1 aliphatic carbocycles. The van der Waals surface area contributed by atoms with Crippen LogP contribution in [0.25, 0.3) is 11.0 Å². The van der Waals surface area contributed by atoms with Crippen molar-refractivity contribution < 1.29 is 19.4 Å². The molecule has 3 rings (SSSR count). The number of furan rings is 1. The normalized spacial score (nSPS) is 21.9. The fourth-order valence-electron chi connectivity index (χ4n) is 2.72. The highest BCUT2D eigenvalue weighted by atomic mass is 16.4. The first-order valence-corrected chi connectivity index (χ1v) is 6.77. The Morgan fingerprint density at radius 3 is 2.80 bits per heavy atom. The summed E-state index contributed by atoms with van der Waals surface area (Å²) in [6, 6.07) is 7.34. The molecule has 3 N–H and O–H groups in total. The second-order valence-corrected chi connectivity index (χ2v) is 5.33. The third-order valence-electron chi connectivity index (χ3n) is 3.84. The monoisotopic (exact) mass is 275 g/mol. The summed E-state index contributed by atoms with van der Waals surface area (Å²) in [4.78, 5) is 11.2. The van der Waals surface area contributed by atoms with Gasteiger partial charge in [-0.1, -0.05) is 18.2 Å². The molecular weight excluding hydrogens is 258 g/mol. The lowest BCUT2D eigenvalue weighted by molar-refractivity contribution is 0.0429. The number of fused-ring (bicyclic) bond motifs is 1. The Labute approximate surface area is 116 Å².